The lowest BCUT2D eigenvalue weighted by Crippen LogP contribution is -2.27. The molecule has 4 rings (SSSR count). The van der Waals surface area contributed by atoms with Gasteiger partial charge in [0.25, 0.3) is 0 Å². The molecule has 4 heterocycles. The van der Waals surface area contributed by atoms with E-state index in [1.54, 1.807) is 12.3 Å². The van der Waals surface area contributed by atoms with Gasteiger partial charge in [-0.3, -0.25) is 4.57 Å². The first-order valence-electron chi connectivity index (χ1n) is 8.83. The van der Waals surface area contributed by atoms with Crippen molar-refractivity contribution in [1.82, 2.24) is 9.55 Å². The third-order valence-corrected chi connectivity index (χ3v) is 4.73. The highest BCUT2D eigenvalue weighted by atomic mass is 16.7. The summed E-state index contributed by atoms with van der Waals surface area (Å²) in [7, 11) is 0. The molecule has 0 bridgehead atoms. The maximum Gasteiger partial charge on any atom is 0.353 e. The maximum absolute atomic E-state index is 12.3. The molecule has 2 saturated heterocycles. The zero-order chi connectivity index (χ0) is 18.1. The van der Waals surface area contributed by atoms with Gasteiger partial charge < -0.3 is 28.8 Å². The third kappa shape index (κ3) is 3.53. The summed E-state index contributed by atoms with van der Waals surface area (Å²) in [5.41, 5.74) is -0.308. The zero-order valence-corrected chi connectivity index (χ0v) is 14.2. The molecular weight excluding hydrogens is 344 g/mol. The summed E-state index contributed by atoms with van der Waals surface area (Å²) < 4.78 is 23.6. The molecule has 26 heavy (non-hydrogen) atoms. The molecule has 0 aromatic carbocycles. The molecule has 9 heteroatoms. The van der Waals surface area contributed by atoms with Crippen molar-refractivity contribution in [2.24, 2.45) is 0 Å². The highest BCUT2D eigenvalue weighted by molar-refractivity contribution is 5.72. The molecule has 0 radical (unpaired) electrons. The Kier molecular flexibility index (Phi) is 5.05. The molecule has 2 aromatic rings. The van der Waals surface area contributed by atoms with Crippen molar-refractivity contribution < 1.29 is 28.8 Å². The van der Waals surface area contributed by atoms with Crippen molar-refractivity contribution in [2.45, 2.75) is 57.0 Å². The van der Waals surface area contributed by atoms with E-state index in [2.05, 4.69) is 4.98 Å². The smallest absolute Gasteiger partial charge is 0.353 e. The average molecular weight is 366 g/mol. The van der Waals surface area contributed by atoms with Crippen molar-refractivity contribution in [3.05, 3.63) is 28.5 Å². The van der Waals surface area contributed by atoms with E-state index in [0.717, 1.165) is 19.3 Å². The molecule has 9 nitrogen and oxygen atoms in total. The zero-order valence-electron chi connectivity index (χ0n) is 14.2. The van der Waals surface area contributed by atoms with E-state index in [1.807, 2.05) is 0 Å². The lowest BCUT2D eigenvalue weighted by Gasteiger charge is -2.22. The molecule has 1 unspecified atom stereocenters. The van der Waals surface area contributed by atoms with Gasteiger partial charge in [0.1, 0.15) is 24.7 Å². The normalized spacial score (nSPS) is 29.5. The predicted octanol–water partition coefficient (Wildman–Crippen LogP) is 0.673. The van der Waals surface area contributed by atoms with Gasteiger partial charge in [0.05, 0.1) is 18.1 Å². The standard InChI is InChI=1S/C17H22N2O7/c20-8-13-12(21)6-14(26-13)19-7-10-5-11(25-16(10)18-17(19)22)9-24-15-3-1-2-4-23-15/h5,7,12-15,20-21H,1-4,6,8-9H2/t12-,13+,14+,15?/m0/s1. The van der Waals surface area contributed by atoms with Crippen molar-refractivity contribution in [1.29, 1.82) is 0 Å². The minimum atomic E-state index is -0.823. The Morgan fingerprint density at radius 2 is 2.27 bits per heavy atom. The van der Waals surface area contributed by atoms with Crippen LogP contribution >= 0.6 is 0 Å². The fraction of sp³-hybridized carbons (Fsp3) is 0.647. The van der Waals surface area contributed by atoms with Crippen LogP contribution in [0.2, 0.25) is 0 Å². The second-order valence-electron chi connectivity index (χ2n) is 6.63. The van der Waals surface area contributed by atoms with Gasteiger partial charge in [-0.05, 0) is 25.3 Å². The van der Waals surface area contributed by atoms with Crippen LogP contribution in [-0.4, -0.2) is 51.5 Å². The Morgan fingerprint density at radius 3 is 3.00 bits per heavy atom. The summed E-state index contributed by atoms with van der Waals surface area (Å²) in [6.45, 7) is 0.632. The number of nitrogens with zero attached hydrogens (tertiary/aromatic N) is 2. The summed E-state index contributed by atoms with van der Waals surface area (Å²) in [5, 5.41) is 19.7. The Balaban J connectivity index is 1.50. The summed E-state index contributed by atoms with van der Waals surface area (Å²) in [6.07, 6.45) is 2.37. The lowest BCUT2D eigenvalue weighted by molar-refractivity contribution is -0.171. The van der Waals surface area contributed by atoms with Crippen LogP contribution in [0.25, 0.3) is 11.1 Å². The van der Waals surface area contributed by atoms with Crippen molar-refractivity contribution in [3.63, 3.8) is 0 Å². The first kappa shape index (κ1) is 17.6. The van der Waals surface area contributed by atoms with Crippen LogP contribution in [0, 0.1) is 0 Å². The lowest BCUT2D eigenvalue weighted by atomic mass is 10.2. The van der Waals surface area contributed by atoms with Gasteiger partial charge >= 0.3 is 5.69 Å². The monoisotopic (exact) mass is 366 g/mol. The van der Waals surface area contributed by atoms with Crippen LogP contribution < -0.4 is 5.69 Å². The van der Waals surface area contributed by atoms with Crippen molar-refractivity contribution in [2.75, 3.05) is 13.2 Å². The number of furan rings is 1. The SMILES string of the molecule is O=c1nc2oc(COC3CCCCO3)cc2cn1[C@H]1C[C@H](O)[C@@H](CO)O1. The summed E-state index contributed by atoms with van der Waals surface area (Å²) in [5.74, 6) is 0.555. The number of ether oxygens (including phenoxy) is 3. The minimum absolute atomic E-state index is 0.213. The fourth-order valence-electron chi connectivity index (χ4n) is 3.32. The number of rotatable bonds is 5. The molecule has 2 fully saturated rings. The number of aliphatic hydroxyl groups excluding tert-OH is 2. The minimum Gasteiger partial charge on any atom is -0.440 e. The van der Waals surface area contributed by atoms with Gasteiger partial charge in [-0.15, -0.1) is 0 Å². The van der Waals surface area contributed by atoms with Gasteiger partial charge in [-0.25, -0.2) is 4.79 Å². The quantitative estimate of drug-likeness (QED) is 0.793. The molecular formula is C17H22N2O7. The van der Waals surface area contributed by atoms with Crippen LogP contribution in [0.5, 0.6) is 0 Å². The highest BCUT2D eigenvalue weighted by Gasteiger charge is 2.35. The van der Waals surface area contributed by atoms with Gasteiger partial charge in [-0.1, -0.05) is 0 Å². The summed E-state index contributed by atoms with van der Waals surface area (Å²) in [6, 6.07) is 1.76. The van der Waals surface area contributed by atoms with E-state index in [0.29, 0.717) is 17.8 Å². The van der Waals surface area contributed by atoms with Crippen LogP contribution in [0.1, 0.15) is 37.7 Å². The largest absolute Gasteiger partial charge is 0.440 e. The van der Waals surface area contributed by atoms with E-state index in [-0.39, 0.29) is 31.6 Å². The molecule has 2 aliphatic rings. The Labute approximate surface area is 149 Å². The molecule has 0 aliphatic carbocycles. The van der Waals surface area contributed by atoms with Crippen LogP contribution in [-0.2, 0) is 20.8 Å². The molecule has 2 aliphatic heterocycles. The molecule has 0 saturated carbocycles. The number of aromatic nitrogens is 2. The maximum atomic E-state index is 12.3. The van der Waals surface area contributed by atoms with E-state index in [1.165, 1.54) is 4.57 Å². The van der Waals surface area contributed by atoms with Gasteiger partial charge in [0.15, 0.2) is 6.29 Å². The molecule has 0 spiro atoms. The van der Waals surface area contributed by atoms with E-state index in [9.17, 15) is 15.0 Å². The molecule has 2 N–H and O–H groups in total. The van der Waals surface area contributed by atoms with Crippen LogP contribution in [0.3, 0.4) is 0 Å². The summed E-state index contributed by atoms with van der Waals surface area (Å²) in [4.78, 5) is 16.2. The number of aliphatic hydroxyl groups is 2. The van der Waals surface area contributed by atoms with Gasteiger partial charge in [0.2, 0.25) is 5.71 Å². The van der Waals surface area contributed by atoms with Crippen LogP contribution in [0.4, 0.5) is 0 Å². The Bertz CT molecular complexity index is 811. The van der Waals surface area contributed by atoms with E-state index < -0.39 is 24.1 Å². The number of hydrogen-bond donors (Lipinski definition) is 2. The molecule has 2 aromatic heterocycles. The van der Waals surface area contributed by atoms with Crippen molar-refractivity contribution >= 4 is 11.1 Å². The first-order valence-corrected chi connectivity index (χ1v) is 8.83. The molecule has 4 atom stereocenters. The topological polar surface area (TPSA) is 116 Å². The average Bonchev–Trinajstić information content (AvgIpc) is 3.22. The van der Waals surface area contributed by atoms with Crippen LogP contribution in [0.15, 0.2) is 21.5 Å². The molecule has 142 valence electrons. The third-order valence-electron chi connectivity index (χ3n) is 4.73. The van der Waals surface area contributed by atoms with Gasteiger partial charge in [0, 0.05) is 19.2 Å². The molecule has 0 amide bonds. The number of fused-ring (bicyclic) bond motifs is 1. The Hall–Kier alpha value is -1.78. The predicted molar refractivity (Wildman–Crippen MR) is 88.3 cm³/mol. The summed E-state index contributed by atoms with van der Waals surface area (Å²) >= 11 is 0. The second-order valence-corrected chi connectivity index (χ2v) is 6.63. The first-order chi connectivity index (χ1) is 12.6. The fourth-order valence-corrected chi connectivity index (χ4v) is 3.32. The van der Waals surface area contributed by atoms with E-state index >= 15 is 0 Å². The number of hydrogen-bond acceptors (Lipinski definition) is 8. The van der Waals surface area contributed by atoms with Crippen molar-refractivity contribution in [3.8, 4) is 0 Å². The van der Waals surface area contributed by atoms with E-state index in [4.69, 9.17) is 18.6 Å². The van der Waals surface area contributed by atoms with Gasteiger partial charge in [-0.2, -0.15) is 4.98 Å². The Morgan fingerprint density at radius 1 is 1.38 bits per heavy atom. The second kappa shape index (κ2) is 7.45. The highest BCUT2D eigenvalue weighted by Crippen LogP contribution is 2.28.